The Morgan fingerprint density at radius 2 is 1.78 bits per heavy atom. The number of hydrogen-bond donors (Lipinski definition) is 2. The van der Waals surface area contributed by atoms with Crippen LogP contribution < -0.4 is 16.0 Å². The maximum atomic E-state index is 6.58. The Labute approximate surface area is 165 Å². The molecule has 140 valence electrons. The first kappa shape index (κ1) is 18.2. The first-order valence-corrected chi connectivity index (χ1v) is 9.75. The molecule has 0 bridgehead atoms. The van der Waals surface area contributed by atoms with Gasteiger partial charge < -0.3 is 16.0 Å². The third kappa shape index (κ3) is 3.79. The van der Waals surface area contributed by atoms with Gasteiger partial charge in [0, 0.05) is 37.1 Å². The van der Waals surface area contributed by atoms with Crippen LogP contribution in [0.3, 0.4) is 0 Å². The predicted octanol–water partition coefficient (Wildman–Crippen LogP) is 4.16. The fraction of sp³-hybridized carbons (Fsp3) is 0.318. The number of fused-ring (bicyclic) bond motifs is 1. The van der Waals surface area contributed by atoms with E-state index < -0.39 is 0 Å². The zero-order valence-electron chi connectivity index (χ0n) is 15.8. The van der Waals surface area contributed by atoms with Crippen LogP contribution in [0.25, 0.3) is 22.0 Å². The van der Waals surface area contributed by atoms with Gasteiger partial charge in [-0.25, -0.2) is 4.98 Å². The van der Waals surface area contributed by atoms with Gasteiger partial charge >= 0.3 is 0 Å². The Hall–Kier alpha value is -2.14. The second-order valence-corrected chi connectivity index (χ2v) is 8.15. The number of halogens is 1. The summed E-state index contributed by atoms with van der Waals surface area (Å²) in [5.41, 5.74) is 10.3. The van der Waals surface area contributed by atoms with Crippen LogP contribution in [0.15, 0.2) is 48.5 Å². The molecule has 3 aromatic rings. The summed E-state index contributed by atoms with van der Waals surface area (Å²) in [6.07, 6.45) is 0. The maximum absolute atomic E-state index is 6.58. The summed E-state index contributed by atoms with van der Waals surface area (Å²) in [5, 5.41) is 5.12. The number of nitrogens with zero attached hydrogens (tertiary/aromatic N) is 2. The summed E-state index contributed by atoms with van der Waals surface area (Å²) >= 11 is 6.58. The van der Waals surface area contributed by atoms with E-state index in [1.54, 1.807) is 0 Å². The summed E-state index contributed by atoms with van der Waals surface area (Å²) in [4.78, 5) is 7.09. The highest BCUT2D eigenvalue weighted by molar-refractivity contribution is 6.33. The average molecular weight is 381 g/mol. The smallest absolute Gasteiger partial charge is 0.148 e. The quantitative estimate of drug-likeness (QED) is 0.716. The van der Waals surface area contributed by atoms with Gasteiger partial charge in [0.05, 0.1) is 10.5 Å². The van der Waals surface area contributed by atoms with Gasteiger partial charge in [0.25, 0.3) is 0 Å². The van der Waals surface area contributed by atoms with E-state index in [1.165, 1.54) is 0 Å². The Kier molecular flexibility index (Phi) is 4.81. The van der Waals surface area contributed by atoms with E-state index in [9.17, 15) is 0 Å². The van der Waals surface area contributed by atoms with Crippen molar-refractivity contribution in [2.75, 3.05) is 31.1 Å². The Balaban J connectivity index is 1.73. The number of piperazine rings is 1. The molecule has 3 N–H and O–H groups in total. The molecule has 0 aliphatic carbocycles. The Morgan fingerprint density at radius 3 is 2.52 bits per heavy atom. The molecule has 0 amide bonds. The number of hydrogen-bond acceptors (Lipinski definition) is 4. The Morgan fingerprint density at radius 1 is 1.04 bits per heavy atom. The van der Waals surface area contributed by atoms with Gasteiger partial charge in [-0.3, -0.25) is 0 Å². The number of rotatable bonds is 3. The van der Waals surface area contributed by atoms with Crippen molar-refractivity contribution in [1.29, 1.82) is 0 Å². The van der Waals surface area contributed by atoms with Crippen LogP contribution in [0.5, 0.6) is 0 Å². The molecule has 1 aliphatic heterocycles. The second kappa shape index (κ2) is 7.12. The third-order valence-electron chi connectivity index (χ3n) is 5.11. The normalized spacial score (nSPS) is 15.3. The van der Waals surface area contributed by atoms with Gasteiger partial charge in [0.2, 0.25) is 0 Å². The van der Waals surface area contributed by atoms with Crippen LogP contribution in [0.4, 0.5) is 5.82 Å². The minimum atomic E-state index is -0.365. The lowest BCUT2D eigenvalue weighted by Crippen LogP contribution is -2.44. The number of nitrogens with two attached hydrogens (primary N) is 1. The third-order valence-corrected chi connectivity index (χ3v) is 5.38. The zero-order chi connectivity index (χ0) is 19.0. The number of anilines is 1. The Bertz CT molecular complexity index is 972. The maximum Gasteiger partial charge on any atom is 0.148 e. The van der Waals surface area contributed by atoms with E-state index in [0.717, 1.165) is 59.6 Å². The average Bonchev–Trinajstić information content (AvgIpc) is 2.67. The highest BCUT2D eigenvalue weighted by Crippen LogP contribution is 2.31. The topological polar surface area (TPSA) is 54.2 Å². The lowest BCUT2D eigenvalue weighted by Gasteiger charge is -2.29. The van der Waals surface area contributed by atoms with Crippen molar-refractivity contribution >= 4 is 28.3 Å². The number of nitrogens with one attached hydrogen (secondary N) is 1. The number of benzene rings is 2. The zero-order valence-corrected chi connectivity index (χ0v) is 16.6. The molecule has 0 atom stereocenters. The van der Waals surface area contributed by atoms with Gasteiger partial charge in [-0.1, -0.05) is 35.9 Å². The van der Waals surface area contributed by atoms with Gasteiger partial charge in [0.15, 0.2) is 0 Å². The van der Waals surface area contributed by atoms with Crippen LogP contribution in [0, 0.1) is 0 Å². The van der Waals surface area contributed by atoms with Crippen molar-refractivity contribution in [2.24, 2.45) is 5.73 Å². The van der Waals surface area contributed by atoms with Crippen LogP contribution in [0.1, 0.15) is 19.4 Å². The molecule has 0 saturated carbocycles. The first-order valence-electron chi connectivity index (χ1n) is 9.37. The van der Waals surface area contributed by atoms with Crippen molar-refractivity contribution < 1.29 is 0 Å². The summed E-state index contributed by atoms with van der Waals surface area (Å²) in [6, 6.07) is 16.8. The molecule has 4 rings (SSSR count). The van der Waals surface area contributed by atoms with Crippen molar-refractivity contribution in [1.82, 2.24) is 10.3 Å². The molecule has 0 radical (unpaired) electrons. The minimum absolute atomic E-state index is 0.365. The molecule has 4 nitrogen and oxygen atoms in total. The van der Waals surface area contributed by atoms with Gasteiger partial charge in [0.1, 0.15) is 5.82 Å². The molecule has 0 unspecified atom stereocenters. The predicted molar refractivity (Wildman–Crippen MR) is 114 cm³/mol. The lowest BCUT2D eigenvalue weighted by atomic mass is 9.92. The molecule has 1 aromatic heterocycles. The molecule has 5 heteroatoms. The van der Waals surface area contributed by atoms with Crippen LogP contribution >= 0.6 is 11.6 Å². The minimum Gasteiger partial charge on any atom is -0.353 e. The van der Waals surface area contributed by atoms with Gasteiger partial charge in [-0.05, 0) is 54.8 Å². The second-order valence-electron chi connectivity index (χ2n) is 7.74. The van der Waals surface area contributed by atoms with Crippen LogP contribution in [-0.2, 0) is 5.54 Å². The van der Waals surface area contributed by atoms with Crippen LogP contribution in [0.2, 0.25) is 5.02 Å². The van der Waals surface area contributed by atoms with E-state index in [1.807, 2.05) is 19.9 Å². The molecule has 1 saturated heterocycles. The molecular formula is C22H25ClN4. The molecule has 2 aromatic carbocycles. The number of pyridine rings is 1. The van der Waals surface area contributed by atoms with E-state index in [4.69, 9.17) is 22.3 Å². The molecule has 0 spiro atoms. The number of aromatic nitrogens is 1. The lowest BCUT2D eigenvalue weighted by molar-refractivity contribution is 0.554. The summed E-state index contributed by atoms with van der Waals surface area (Å²) in [5.74, 6) is 0.880. The van der Waals surface area contributed by atoms with Crippen molar-refractivity contribution in [3.63, 3.8) is 0 Å². The van der Waals surface area contributed by atoms with Gasteiger partial charge in [-0.15, -0.1) is 0 Å². The highest BCUT2D eigenvalue weighted by Gasteiger charge is 2.17. The van der Waals surface area contributed by atoms with E-state index >= 15 is 0 Å². The monoisotopic (exact) mass is 380 g/mol. The highest BCUT2D eigenvalue weighted by atomic mass is 35.5. The largest absolute Gasteiger partial charge is 0.353 e. The van der Waals surface area contributed by atoms with Gasteiger partial charge in [-0.2, -0.15) is 0 Å². The molecule has 27 heavy (non-hydrogen) atoms. The van der Waals surface area contributed by atoms with Crippen LogP contribution in [-0.4, -0.2) is 31.2 Å². The standard InChI is InChI=1S/C22H25ClN4/c1-22(2,24)18-5-3-4-15(13-18)16-6-7-20-17(12-16)14-19(23)21(26-20)27-10-8-25-9-11-27/h3-7,12-14,25H,8-11,24H2,1-2H3. The van der Waals surface area contributed by atoms with E-state index in [0.29, 0.717) is 5.02 Å². The summed E-state index contributed by atoms with van der Waals surface area (Å²) in [7, 11) is 0. The fourth-order valence-electron chi connectivity index (χ4n) is 3.52. The van der Waals surface area contributed by atoms with E-state index in [-0.39, 0.29) is 5.54 Å². The summed E-state index contributed by atoms with van der Waals surface area (Å²) < 4.78 is 0. The first-order chi connectivity index (χ1) is 12.9. The van der Waals surface area contributed by atoms with Crippen molar-refractivity contribution in [2.45, 2.75) is 19.4 Å². The van der Waals surface area contributed by atoms with Crippen molar-refractivity contribution in [3.8, 4) is 11.1 Å². The molecule has 1 aliphatic rings. The molecule has 1 fully saturated rings. The van der Waals surface area contributed by atoms with E-state index in [2.05, 4.69) is 52.7 Å². The fourth-order valence-corrected chi connectivity index (χ4v) is 3.80. The molecular weight excluding hydrogens is 356 g/mol. The van der Waals surface area contributed by atoms with Crippen molar-refractivity contribution in [3.05, 3.63) is 59.1 Å². The SMILES string of the molecule is CC(C)(N)c1cccc(-c2ccc3nc(N4CCNCC4)c(Cl)cc3c2)c1. The molecule has 2 heterocycles. The summed E-state index contributed by atoms with van der Waals surface area (Å²) in [6.45, 7) is 7.82.